The van der Waals surface area contributed by atoms with Gasteiger partial charge in [0.15, 0.2) is 0 Å². The summed E-state index contributed by atoms with van der Waals surface area (Å²) in [6, 6.07) is 6.86. The fourth-order valence-electron chi connectivity index (χ4n) is 2.84. The summed E-state index contributed by atoms with van der Waals surface area (Å²) >= 11 is 0. The Morgan fingerprint density at radius 3 is 2.79 bits per heavy atom. The van der Waals surface area contributed by atoms with E-state index in [4.69, 9.17) is 10.8 Å². The number of hydrogen-bond donors (Lipinski definition) is 2. The van der Waals surface area contributed by atoms with Crippen LogP contribution in [0.25, 0.3) is 0 Å². The molecule has 1 heterocycles. The van der Waals surface area contributed by atoms with Gasteiger partial charge < -0.3 is 20.2 Å². The van der Waals surface area contributed by atoms with Gasteiger partial charge in [-0.15, -0.1) is 0 Å². The molecule has 1 fully saturated rings. The zero-order valence-corrected chi connectivity index (χ0v) is 12.3. The van der Waals surface area contributed by atoms with Crippen LogP contribution in [0.2, 0.25) is 0 Å². The summed E-state index contributed by atoms with van der Waals surface area (Å²) in [5.74, 6) is 0. The van der Waals surface area contributed by atoms with E-state index < -0.39 is 0 Å². The summed E-state index contributed by atoms with van der Waals surface area (Å²) in [5, 5.41) is 9.17. The molecule has 4 heteroatoms. The van der Waals surface area contributed by atoms with Crippen LogP contribution in [-0.4, -0.2) is 56.0 Å². The lowest BCUT2D eigenvalue weighted by Gasteiger charge is -2.35. The number of hydrogen-bond acceptors (Lipinski definition) is 3. The number of benzene rings is 1. The van der Waals surface area contributed by atoms with Gasteiger partial charge in [-0.05, 0) is 30.7 Å². The monoisotopic (exact) mass is 264 g/mol. The first-order chi connectivity index (χ1) is 8.94. The van der Waals surface area contributed by atoms with E-state index in [1.165, 1.54) is 12.1 Å². The van der Waals surface area contributed by atoms with Gasteiger partial charge >= 0.3 is 0 Å². The van der Waals surface area contributed by atoms with Crippen molar-refractivity contribution in [2.24, 2.45) is 0 Å². The van der Waals surface area contributed by atoms with E-state index in [1.807, 2.05) is 6.07 Å². The molecule has 1 atom stereocenters. The van der Waals surface area contributed by atoms with Crippen molar-refractivity contribution in [3.05, 3.63) is 23.8 Å². The average molecular weight is 264 g/mol. The maximum atomic E-state index is 9.17. The van der Waals surface area contributed by atoms with E-state index in [0.717, 1.165) is 35.4 Å². The number of anilines is 2. The van der Waals surface area contributed by atoms with E-state index in [-0.39, 0.29) is 6.61 Å². The lowest BCUT2D eigenvalue weighted by atomic mass is 10.1. The molecule has 19 heavy (non-hydrogen) atoms. The minimum Gasteiger partial charge on any atom is -0.399 e. The van der Waals surface area contributed by atoms with Gasteiger partial charge in [0.2, 0.25) is 0 Å². The molecule has 0 aromatic heterocycles. The Morgan fingerprint density at radius 2 is 2.16 bits per heavy atom. The second kappa shape index (κ2) is 5.39. The van der Waals surface area contributed by atoms with Gasteiger partial charge in [0.05, 0.1) is 27.2 Å². The average Bonchev–Trinajstić information content (AvgIpc) is 2.83. The highest BCUT2D eigenvalue weighted by Gasteiger charge is 2.34. The molecule has 1 saturated heterocycles. The van der Waals surface area contributed by atoms with E-state index in [2.05, 4.69) is 38.1 Å². The molecule has 0 amide bonds. The van der Waals surface area contributed by atoms with E-state index in [9.17, 15) is 0 Å². The molecule has 2 rings (SSSR count). The molecule has 0 bridgehead atoms. The summed E-state index contributed by atoms with van der Waals surface area (Å²) in [4.78, 5) is 2.43. The first kappa shape index (κ1) is 14.2. The minimum absolute atomic E-state index is 0.254. The standard InChI is InChI=1S/C15H26N3O/c1-12-10-13(4-5-15(12)16)17-7-6-14(11-17)18(2,3)8-9-19/h4-5,10,14,19H,6-9,11,16H2,1-3H3/q+1. The molecular formula is C15H26N3O+. The third-order valence-corrected chi connectivity index (χ3v) is 4.45. The number of nitrogens with zero attached hydrogens (tertiary/aromatic N) is 2. The highest BCUT2D eigenvalue weighted by atomic mass is 16.3. The van der Waals surface area contributed by atoms with Crippen molar-refractivity contribution < 1.29 is 9.59 Å². The number of aryl methyl sites for hydroxylation is 1. The smallest absolute Gasteiger partial charge is 0.108 e. The maximum Gasteiger partial charge on any atom is 0.108 e. The molecule has 1 unspecified atom stereocenters. The molecule has 3 N–H and O–H groups in total. The molecule has 1 aliphatic rings. The van der Waals surface area contributed by atoms with E-state index >= 15 is 0 Å². The molecular weight excluding hydrogens is 238 g/mol. The number of rotatable bonds is 4. The number of likely N-dealkylation sites (N-methyl/N-ethyl adjacent to an activating group) is 1. The Morgan fingerprint density at radius 1 is 1.42 bits per heavy atom. The molecule has 106 valence electrons. The first-order valence-corrected chi connectivity index (χ1v) is 6.98. The molecule has 0 aliphatic carbocycles. The lowest BCUT2D eigenvalue weighted by Crippen LogP contribution is -2.51. The Hall–Kier alpha value is -1.26. The van der Waals surface area contributed by atoms with Crippen molar-refractivity contribution in [1.29, 1.82) is 0 Å². The molecule has 4 nitrogen and oxygen atoms in total. The molecule has 0 saturated carbocycles. The van der Waals surface area contributed by atoms with Crippen molar-refractivity contribution in [3.8, 4) is 0 Å². The van der Waals surface area contributed by atoms with Crippen LogP contribution in [0.4, 0.5) is 11.4 Å². The first-order valence-electron chi connectivity index (χ1n) is 6.98. The summed E-state index contributed by atoms with van der Waals surface area (Å²) in [6.07, 6.45) is 1.18. The quantitative estimate of drug-likeness (QED) is 0.635. The Labute approximate surface area is 116 Å². The van der Waals surface area contributed by atoms with Gasteiger partial charge in [0.1, 0.15) is 12.6 Å². The number of nitrogen functional groups attached to an aromatic ring is 1. The zero-order chi connectivity index (χ0) is 14.0. The Kier molecular flexibility index (Phi) is 4.02. The number of nitrogens with two attached hydrogens (primary N) is 1. The van der Waals surface area contributed by atoms with Crippen molar-refractivity contribution >= 4 is 11.4 Å². The van der Waals surface area contributed by atoms with Gasteiger partial charge in [0.25, 0.3) is 0 Å². The molecule has 1 aliphatic heterocycles. The summed E-state index contributed by atoms with van der Waals surface area (Å²) in [5.41, 5.74) is 9.14. The van der Waals surface area contributed by atoms with Crippen LogP contribution in [0.5, 0.6) is 0 Å². The molecule has 1 aromatic carbocycles. The highest BCUT2D eigenvalue weighted by Crippen LogP contribution is 2.27. The highest BCUT2D eigenvalue weighted by molar-refractivity contribution is 5.58. The summed E-state index contributed by atoms with van der Waals surface area (Å²) in [7, 11) is 4.41. The van der Waals surface area contributed by atoms with Crippen LogP contribution in [-0.2, 0) is 0 Å². The lowest BCUT2D eigenvalue weighted by molar-refractivity contribution is -0.912. The van der Waals surface area contributed by atoms with Crippen molar-refractivity contribution in [2.45, 2.75) is 19.4 Å². The van der Waals surface area contributed by atoms with Gasteiger partial charge in [-0.3, -0.25) is 0 Å². The third kappa shape index (κ3) is 3.01. The zero-order valence-electron chi connectivity index (χ0n) is 12.3. The van der Waals surface area contributed by atoms with Crippen LogP contribution in [0.1, 0.15) is 12.0 Å². The van der Waals surface area contributed by atoms with E-state index in [1.54, 1.807) is 0 Å². The summed E-state index contributed by atoms with van der Waals surface area (Å²) in [6.45, 7) is 5.26. The fraction of sp³-hybridized carbons (Fsp3) is 0.600. The minimum atomic E-state index is 0.254. The topological polar surface area (TPSA) is 49.5 Å². The van der Waals surface area contributed by atoms with Crippen LogP contribution < -0.4 is 10.6 Å². The Balaban J connectivity index is 2.07. The van der Waals surface area contributed by atoms with Crippen LogP contribution in [0, 0.1) is 6.92 Å². The van der Waals surface area contributed by atoms with Gasteiger partial charge in [-0.2, -0.15) is 0 Å². The van der Waals surface area contributed by atoms with Crippen molar-refractivity contribution in [2.75, 3.05) is 51.0 Å². The van der Waals surface area contributed by atoms with Crippen molar-refractivity contribution in [3.63, 3.8) is 0 Å². The largest absolute Gasteiger partial charge is 0.399 e. The second-order valence-electron chi connectivity index (χ2n) is 6.16. The van der Waals surface area contributed by atoms with E-state index in [0.29, 0.717) is 6.04 Å². The SMILES string of the molecule is Cc1cc(N2CCC([N+](C)(C)CCO)C2)ccc1N. The number of quaternary nitrogens is 1. The number of aliphatic hydroxyl groups is 1. The normalized spacial score (nSPS) is 20.0. The van der Waals surface area contributed by atoms with Gasteiger partial charge in [-0.1, -0.05) is 0 Å². The Bertz CT molecular complexity index is 445. The molecule has 1 aromatic rings. The van der Waals surface area contributed by atoms with Crippen LogP contribution >= 0.6 is 0 Å². The van der Waals surface area contributed by atoms with Gasteiger partial charge in [0, 0.05) is 24.3 Å². The molecule has 0 spiro atoms. The van der Waals surface area contributed by atoms with Crippen molar-refractivity contribution in [1.82, 2.24) is 0 Å². The number of aliphatic hydroxyl groups excluding tert-OH is 1. The second-order valence-corrected chi connectivity index (χ2v) is 6.16. The molecule has 0 radical (unpaired) electrons. The summed E-state index contributed by atoms with van der Waals surface area (Å²) < 4.78 is 0.890. The maximum absolute atomic E-state index is 9.17. The van der Waals surface area contributed by atoms with Gasteiger partial charge in [-0.25, -0.2) is 0 Å². The predicted molar refractivity (Wildman–Crippen MR) is 80.3 cm³/mol. The predicted octanol–water partition coefficient (Wildman–Crippen LogP) is 1.22. The fourth-order valence-corrected chi connectivity index (χ4v) is 2.84. The van der Waals surface area contributed by atoms with Crippen LogP contribution in [0.15, 0.2) is 18.2 Å². The van der Waals surface area contributed by atoms with Crippen LogP contribution in [0.3, 0.4) is 0 Å². The third-order valence-electron chi connectivity index (χ3n) is 4.45.